The van der Waals surface area contributed by atoms with Crippen molar-refractivity contribution in [2.24, 2.45) is 0 Å². The number of aliphatic hydroxyl groups is 1. The molecule has 5 heteroatoms. The van der Waals surface area contributed by atoms with Crippen molar-refractivity contribution in [1.29, 1.82) is 0 Å². The maximum absolute atomic E-state index is 12.4. The fourth-order valence-corrected chi connectivity index (χ4v) is 2.95. The number of piperidine rings is 1. The minimum atomic E-state index is -0.134. The summed E-state index contributed by atoms with van der Waals surface area (Å²) in [6, 6.07) is 7.46. The summed E-state index contributed by atoms with van der Waals surface area (Å²) >= 11 is 0. The molecule has 0 saturated carbocycles. The van der Waals surface area contributed by atoms with Crippen molar-refractivity contribution < 1.29 is 14.6 Å². The number of para-hydroxylation sites is 1. The standard InChI is InChI=1S/C19H28N2O3/c1-15(2)14-24-18-9-4-3-8-17(18)19(23)20-10-12-21-11-6-5-7-16(21)13-22/h3-4,8-9,16,22H,1,5-7,10-14H2,2H3,(H,20,23)/t16-/m1/s1. The number of likely N-dealkylation sites (tertiary alicyclic amines) is 1. The summed E-state index contributed by atoms with van der Waals surface area (Å²) in [5.74, 6) is 0.439. The lowest BCUT2D eigenvalue weighted by atomic mass is 10.0. The van der Waals surface area contributed by atoms with Crippen LogP contribution in [0.25, 0.3) is 0 Å². The van der Waals surface area contributed by atoms with Crippen LogP contribution in [0.4, 0.5) is 0 Å². The lowest BCUT2D eigenvalue weighted by Gasteiger charge is -2.34. The molecule has 0 aromatic heterocycles. The molecule has 1 aromatic rings. The molecule has 5 nitrogen and oxygen atoms in total. The highest BCUT2D eigenvalue weighted by atomic mass is 16.5. The Morgan fingerprint density at radius 2 is 2.21 bits per heavy atom. The van der Waals surface area contributed by atoms with Crippen molar-refractivity contribution in [3.63, 3.8) is 0 Å². The molecule has 132 valence electrons. The summed E-state index contributed by atoms with van der Waals surface area (Å²) in [6.45, 7) is 8.58. The van der Waals surface area contributed by atoms with Gasteiger partial charge in [0.1, 0.15) is 12.4 Å². The number of hydrogen-bond acceptors (Lipinski definition) is 4. The molecule has 1 heterocycles. The summed E-state index contributed by atoms with van der Waals surface area (Å²) in [5.41, 5.74) is 1.45. The lowest BCUT2D eigenvalue weighted by Crippen LogP contribution is -2.45. The van der Waals surface area contributed by atoms with Gasteiger partial charge in [-0.25, -0.2) is 0 Å². The van der Waals surface area contributed by atoms with E-state index >= 15 is 0 Å². The maximum atomic E-state index is 12.4. The molecule has 0 bridgehead atoms. The zero-order chi connectivity index (χ0) is 17.4. The molecule has 1 atom stereocenters. The number of amides is 1. The van der Waals surface area contributed by atoms with Crippen LogP contribution in [0, 0.1) is 0 Å². The number of ether oxygens (including phenoxy) is 1. The fraction of sp³-hybridized carbons (Fsp3) is 0.526. The van der Waals surface area contributed by atoms with Gasteiger partial charge < -0.3 is 15.2 Å². The maximum Gasteiger partial charge on any atom is 0.255 e. The molecule has 1 amide bonds. The molecule has 0 spiro atoms. The molecule has 2 rings (SSSR count). The van der Waals surface area contributed by atoms with Crippen molar-refractivity contribution in [3.05, 3.63) is 42.0 Å². The van der Waals surface area contributed by atoms with Gasteiger partial charge in [0.25, 0.3) is 5.91 Å². The average molecular weight is 332 g/mol. The van der Waals surface area contributed by atoms with E-state index in [1.807, 2.05) is 19.1 Å². The van der Waals surface area contributed by atoms with Crippen LogP contribution < -0.4 is 10.1 Å². The Balaban J connectivity index is 1.87. The van der Waals surface area contributed by atoms with Crippen molar-refractivity contribution >= 4 is 5.91 Å². The highest BCUT2D eigenvalue weighted by Crippen LogP contribution is 2.19. The lowest BCUT2D eigenvalue weighted by molar-refractivity contribution is 0.0847. The van der Waals surface area contributed by atoms with Gasteiger partial charge in [-0.05, 0) is 44.0 Å². The number of rotatable bonds is 8. The van der Waals surface area contributed by atoms with Gasteiger partial charge in [0, 0.05) is 19.1 Å². The van der Waals surface area contributed by atoms with Crippen LogP contribution in [0.2, 0.25) is 0 Å². The van der Waals surface area contributed by atoms with Crippen LogP contribution in [0.3, 0.4) is 0 Å². The van der Waals surface area contributed by atoms with Crippen LogP contribution >= 0.6 is 0 Å². The van der Waals surface area contributed by atoms with Crippen LogP contribution in [0.5, 0.6) is 5.75 Å². The second kappa shape index (κ2) is 9.45. The third-order valence-corrected chi connectivity index (χ3v) is 4.25. The van der Waals surface area contributed by atoms with Crippen molar-refractivity contribution in [3.8, 4) is 5.75 Å². The van der Waals surface area contributed by atoms with E-state index in [0.29, 0.717) is 24.5 Å². The van der Waals surface area contributed by atoms with Gasteiger partial charge in [0.05, 0.1) is 12.2 Å². The van der Waals surface area contributed by atoms with Gasteiger partial charge in [-0.1, -0.05) is 25.1 Å². The zero-order valence-electron chi connectivity index (χ0n) is 14.5. The predicted molar refractivity (Wildman–Crippen MR) is 95.4 cm³/mol. The highest BCUT2D eigenvalue weighted by Gasteiger charge is 2.21. The van der Waals surface area contributed by atoms with E-state index in [0.717, 1.165) is 31.5 Å². The summed E-state index contributed by atoms with van der Waals surface area (Å²) < 4.78 is 5.65. The Hall–Kier alpha value is -1.85. The number of hydrogen-bond donors (Lipinski definition) is 2. The first-order chi connectivity index (χ1) is 11.6. The second-order valence-electron chi connectivity index (χ2n) is 6.37. The van der Waals surface area contributed by atoms with E-state index in [1.54, 1.807) is 12.1 Å². The Morgan fingerprint density at radius 3 is 2.96 bits per heavy atom. The predicted octanol–water partition coefficient (Wildman–Crippen LogP) is 2.22. The fourth-order valence-electron chi connectivity index (χ4n) is 2.95. The molecule has 1 fully saturated rings. The summed E-state index contributed by atoms with van der Waals surface area (Å²) in [7, 11) is 0. The molecule has 24 heavy (non-hydrogen) atoms. The van der Waals surface area contributed by atoms with E-state index in [9.17, 15) is 9.90 Å². The monoisotopic (exact) mass is 332 g/mol. The minimum Gasteiger partial charge on any atom is -0.488 e. The quantitative estimate of drug-likeness (QED) is 0.717. The van der Waals surface area contributed by atoms with Crippen LogP contribution in [-0.4, -0.2) is 54.8 Å². The molecule has 0 aliphatic carbocycles. The van der Waals surface area contributed by atoms with Gasteiger partial charge in [0.2, 0.25) is 0 Å². The van der Waals surface area contributed by atoms with E-state index in [1.165, 1.54) is 6.42 Å². The molecule has 0 radical (unpaired) electrons. The first kappa shape index (κ1) is 18.5. The molecule has 1 saturated heterocycles. The van der Waals surface area contributed by atoms with E-state index in [4.69, 9.17) is 4.74 Å². The van der Waals surface area contributed by atoms with Crippen LogP contribution in [-0.2, 0) is 0 Å². The average Bonchev–Trinajstić information content (AvgIpc) is 2.60. The normalized spacial score (nSPS) is 18.2. The van der Waals surface area contributed by atoms with Gasteiger partial charge in [-0.2, -0.15) is 0 Å². The number of nitrogens with one attached hydrogen (secondary N) is 1. The molecule has 1 aliphatic rings. The summed E-state index contributed by atoms with van der Waals surface area (Å²) in [4.78, 5) is 14.7. The number of carbonyl (C=O) groups is 1. The molecule has 1 aliphatic heterocycles. The third kappa shape index (κ3) is 5.35. The van der Waals surface area contributed by atoms with Gasteiger partial charge in [0.15, 0.2) is 0 Å². The van der Waals surface area contributed by atoms with Gasteiger partial charge >= 0.3 is 0 Å². The molecule has 1 aromatic carbocycles. The largest absolute Gasteiger partial charge is 0.488 e. The van der Waals surface area contributed by atoms with E-state index in [2.05, 4.69) is 16.8 Å². The Labute approximate surface area is 144 Å². The summed E-state index contributed by atoms with van der Waals surface area (Å²) in [6.07, 6.45) is 3.35. The van der Waals surface area contributed by atoms with Gasteiger partial charge in [-0.15, -0.1) is 0 Å². The van der Waals surface area contributed by atoms with Crippen LogP contribution in [0.1, 0.15) is 36.5 Å². The third-order valence-electron chi connectivity index (χ3n) is 4.25. The molecule has 2 N–H and O–H groups in total. The number of carbonyl (C=O) groups excluding carboxylic acids is 1. The van der Waals surface area contributed by atoms with Crippen molar-refractivity contribution in [1.82, 2.24) is 10.2 Å². The topological polar surface area (TPSA) is 61.8 Å². The van der Waals surface area contributed by atoms with Crippen molar-refractivity contribution in [2.75, 3.05) is 32.8 Å². The number of aliphatic hydroxyl groups excluding tert-OH is 1. The second-order valence-corrected chi connectivity index (χ2v) is 6.37. The smallest absolute Gasteiger partial charge is 0.255 e. The zero-order valence-corrected chi connectivity index (χ0v) is 14.5. The SMILES string of the molecule is C=C(C)COc1ccccc1C(=O)NCCN1CCCC[C@@H]1CO. The first-order valence-corrected chi connectivity index (χ1v) is 8.61. The Morgan fingerprint density at radius 1 is 1.42 bits per heavy atom. The molecule has 0 unspecified atom stereocenters. The van der Waals surface area contributed by atoms with Crippen LogP contribution in [0.15, 0.2) is 36.4 Å². The van der Waals surface area contributed by atoms with Gasteiger partial charge in [-0.3, -0.25) is 9.69 Å². The Kier molecular flexibility index (Phi) is 7.28. The van der Waals surface area contributed by atoms with E-state index < -0.39 is 0 Å². The Bertz CT molecular complexity index is 559. The number of nitrogens with zero attached hydrogens (tertiary/aromatic N) is 1. The van der Waals surface area contributed by atoms with Crippen molar-refractivity contribution in [2.45, 2.75) is 32.2 Å². The van der Waals surface area contributed by atoms with E-state index in [-0.39, 0.29) is 18.6 Å². The summed E-state index contributed by atoms with van der Waals surface area (Å²) in [5, 5.41) is 12.4. The molecular formula is C19H28N2O3. The molecular weight excluding hydrogens is 304 g/mol. The minimum absolute atomic E-state index is 0.134. The first-order valence-electron chi connectivity index (χ1n) is 8.61. The number of benzene rings is 1. The highest BCUT2D eigenvalue weighted by molar-refractivity contribution is 5.96.